The Morgan fingerprint density at radius 3 is 2.71 bits per heavy atom. The molecule has 0 fully saturated rings. The van der Waals surface area contributed by atoms with Gasteiger partial charge in [0.05, 0.1) is 6.61 Å². The number of hydrogen-bond donors (Lipinski definition) is 1. The average molecular weight is 401 g/mol. The number of fused-ring (bicyclic) bond motifs is 3. The summed E-state index contributed by atoms with van der Waals surface area (Å²) in [6.07, 6.45) is 2.59. The summed E-state index contributed by atoms with van der Waals surface area (Å²) in [6.45, 7) is 2.09. The third-order valence-corrected chi connectivity index (χ3v) is 5.65. The van der Waals surface area contributed by atoms with E-state index in [4.69, 9.17) is 9.47 Å². The van der Waals surface area contributed by atoms with Crippen LogP contribution in [0.4, 0.5) is 0 Å². The zero-order valence-electron chi connectivity index (χ0n) is 15.8. The number of hydrogen-bond acceptors (Lipinski definition) is 6. The molecule has 1 aliphatic carbocycles. The van der Waals surface area contributed by atoms with Crippen LogP contribution in [0.1, 0.15) is 40.6 Å². The summed E-state index contributed by atoms with van der Waals surface area (Å²) >= 11 is 1.41. The number of nitrogens with one attached hydrogen (secondary N) is 1. The van der Waals surface area contributed by atoms with Gasteiger partial charge in [-0.25, -0.2) is 4.79 Å². The van der Waals surface area contributed by atoms with E-state index in [9.17, 15) is 14.4 Å². The molecule has 1 aliphatic rings. The van der Waals surface area contributed by atoms with E-state index < -0.39 is 5.97 Å². The maximum absolute atomic E-state index is 12.3. The maximum Gasteiger partial charge on any atom is 0.348 e. The van der Waals surface area contributed by atoms with Gasteiger partial charge in [0.15, 0.2) is 6.61 Å². The smallest absolute Gasteiger partial charge is 0.348 e. The number of ether oxygens (including phenoxy) is 2. The maximum atomic E-state index is 12.3. The number of thiophene rings is 1. The summed E-state index contributed by atoms with van der Waals surface area (Å²) in [5.41, 5.74) is 3.62. The first kappa shape index (κ1) is 20.1. The Kier molecular flexibility index (Phi) is 6.81. The minimum Gasteiger partial charge on any atom is -0.466 e. The first-order valence-electron chi connectivity index (χ1n) is 9.39. The third kappa shape index (κ3) is 4.98. The fourth-order valence-electron chi connectivity index (χ4n) is 3.12. The molecule has 0 unspecified atom stereocenters. The van der Waals surface area contributed by atoms with Crippen molar-refractivity contribution in [2.75, 3.05) is 19.8 Å². The molecule has 0 radical (unpaired) electrons. The number of rotatable bonds is 8. The van der Waals surface area contributed by atoms with Crippen LogP contribution in [-0.4, -0.2) is 37.6 Å². The highest BCUT2D eigenvalue weighted by atomic mass is 32.1. The van der Waals surface area contributed by atoms with Crippen LogP contribution in [0.15, 0.2) is 30.3 Å². The van der Waals surface area contributed by atoms with E-state index in [1.165, 1.54) is 22.5 Å². The van der Waals surface area contributed by atoms with Crippen molar-refractivity contribution in [3.05, 3.63) is 46.3 Å². The Morgan fingerprint density at radius 2 is 1.89 bits per heavy atom. The van der Waals surface area contributed by atoms with Crippen molar-refractivity contribution >= 4 is 29.2 Å². The van der Waals surface area contributed by atoms with Crippen molar-refractivity contribution in [3.63, 3.8) is 0 Å². The minimum atomic E-state index is -0.487. The second-order valence-corrected chi connectivity index (χ2v) is 7.51. The normalized spacial score (nSPS) is 11.9. The highest BCUT2D eigenvalue weighted by molar-refractivity contribution is 7.17. The van der Waals surface area contributed by atoms with Crippen molar-refractivity contribution in [3.8, 4) is 10.4 Å². The number of amides is 1. The molecular weight excluding hydrogens is 378 g/mol. The largest absolute Gasteiger partial charge is 0.466 e. The first-order chi connectivity index (χ1) is 13.6. The van der Waals surface area contributed by atoms with Gasteiger partial charge in [-0.2, -0.15) is 0 Å². The predicted molar refractivity (Wildman–Crippen MR) is 106 cm³/mol. The summed E-state index contributed by atoms with van der Waals surface area (Å²) in [4.78, 5) is 37.0. The molecule has 0 bridgehead atoms. The number of aryl methyl sites for hydroxylation is 2. The highest BCUT2D eigenvalue weighted by Gasteiger charge is 2.22. The molecular formula is C21H23NO5S. The molecule has 1 aromatic carbocycles. The molecule has 148 valence electrons. The lowest BCUT2D eigenvalue weighted by molar-refractivity contribution is -0.143. The molecule has 0 saturated heterocycles. The minimum absolute atomic E-state index is 0.246. The molecule has 1 amide bonds. The van der Waals surface area contributed by atoms with Crippen molar-refractivity contribution in [1.82, 2.24) is 5.32 Å². The van der Waals surface area contributed by atoms with E-state index in [0.717, 1.165) is 23.3 Å². The van der Waals surface area contributed by atoms with Gasteiger partial charge in [0.25, 0.3) is 5.91 Å². The van der Waals surface area contributed by atoms with E-state index in [1.54, 1.807) is 6.92 Å². The standard InChI is InChI=1S/C21H23NO5S/c1-2-26-19(24)8-5-11-22-18(23)13-27-21(25)17-12-15-10-9-14-6-3-4-7-16(14)20(15)28-17/h3-4,6-7,12H,2,5,8-11,13H2,1H3,(H,22,23). The number of carbonyl (C=O) groups excluding carboxylic acids is 3. The lowest BCUT2D eigenvalue weighted by atomic mass is 9.91. The van der Waals surface area contributed by atoms with E-state index in [1.807, 2.05) is 18.2 Å². The van der Waals surface area contributed by atoms with Gasteiger partial charge in [-0.15, -0.1) is 11.3 Å². The average Bonchev–Trinajstić information content (AvgIpc) is 3.14. The quantitative estimate of drug-likeness (QED) is 0.543. The summed E-state index contributed by atoms with van der Waals surface area (Å²) in [6, 6.07) is 10.1. The summed E-state index contributed by atoms with van der Waals surface area (Å²) < 4.78 is 9.95. The topological polar surface area (TPSA) is 81.7 Å². The van der Waals surface area contributed by atoms with Gasteiger partial charge in [0, 0.05) is 17.8 Å². The molecule has 0 atom stereocenters. The predicted octanol–water partition coefficient (Wildman–Crippen LogP) is 3.13. The summed E-state index contributed by atoms with van der Waals surface area (Å²) in [7, 11) is 0. The van der Waals surface area contributed by atoms with Crippen LogP contribution in [0.5, 0.6) is 0 Å². The van der Waals surface area contributed by atoms with Crippen molar-refractivity contribution in [1.29, 1.82) is 0 Å². The SMILES string of the molecule is CCOC(=O)CCCNC(=O)COC(=O)c1cc2c(s1)-c1ccccc1CC2. The summed E-state index contributed by atoms with van der Waals surface area (Å²) in [5.74, 6) is -1.16. The van der Waals surface area contributed by atoms with Crippen LogP contribution < -0.4 is 5.32 Å². The van der Waals surface area contributed by atoms with Gasteiger partial charge in [0.1, 0.15) is 4.88 Å². The zero-order chi connectivity index (χ0) is 19.9. The first-order valence-corrected chi connectivity index (χ1v) is 10.2. The van der Waals surface area contributed by atoms with Gasteiger partial charge in [-0.3, -0.25) is 9.59 Å². The fraction of sp³-hybridized carbons (Fsp3) is 0.381. The van der Waals surface area contributed by atoms with Gasteiger partial charge in [-0.05, 0) is 48.9 Å². The second-order valence-electron chi connectivity index (χ2n) is 6.46. The molecule has 2 aromatic rings. The van der Waals surface area contributed by atoms with E-state index >= 15 is 0 Å². The molecule has 7 heteroatoms. The number of benzene rings is 1. The van der Waals surface area contributed by atoms with E-state index in [-0.39, 0.29) is 24.9 Å². The van der Waals surface area contributed by atoms with Crippen molar-refractivity contribution < 1.29 is 23.9 Å². The molecule has 3 rings (SSSR count). The molecule has 1 aromatic heterocycles. The van der Waals surface area contributed by atoms with Gasteiger partial charge >= 0.3 is 11.9 Å². The molecule has 1 heterocycles. The fourth-order valence-corrected chi connectivity index (χ4v) is 4.28. The lowest BCUT2D eigenvalue weighted by Crippen LogP contribution is -2.29. The Hall–Kier alpha value is -2.67. The van der Waals surface area contributed by atoms with Crippen LogP contribution in [-0.2, 0) is 31.9 Å². The van der Waals surface area contributed by atoms with E-state index in [0.29, 0.717) is 24.4 Å². The molecule has 0 saturated carbocycles. The Balaban J connectivity index is 1.47. The Morgan fingerprint density at radius 1 is 1.11 bits per heavy atom. The van der Waals surface area contributed by atoms with Gasteiger partial charge < -0.3 is 14.8 Å². The third-order valence-electron chi connectivity index (χ3n) is 4.46. The molecule has 1 N–H and O–H groups in total. The van der Waals surface area contributed by atoms with Gasteiger partial charge in [0.2, 0.25) is 0 Å². The second kappa shape index (κ2) is 9.50. The number of esters is 2. The Bertz CT molecular complexity index is 873. The molecule has 0 spiro atoms. The van der Waals surface area contributed by atoms with Crippen molar-refractivity contribution in [2.24, 2.45) is 0 Å². The van der Waals surface area contributed by atoms with Crippen molar-refractivity contribution in [2.45, 2.75) is 32.6 Å². The number of carbonyl (C=O) groups is 3. The van der Waals surface area contributed by atoms with Crippen LogP contribution in [0.3, 0.4) is 0 Å². The lowest BCUT2D eigenvalue weighted by Gasteiger charge is -2.15. The van der Waals surface area contributed by atoms with Crippen LogP contribution in [0, 0.1) is 0 Å². The van der Waals surface area contributed by atoms with Crippen LogP contribution in [0.25, 0.3) is 10.4 Å². The zero-order valence-corrected chi connectivity index (χ0v) is 16.6. The van der Waals surface area contributed by atoms with Crippen LogP contribution in [0.2, 0.25) is 0 Å². The molecule has 28 heavy (non-hydrogen) atoms. The van der Waals surface area contributed by atoms with E-state index in [2.05, 4.69) is 17.4 Å². The summed E-state index contributed by atoms with van der Waals surface area (Å²) in [5, 5.41) is 2.63. The molecule has 0 aliphatic heterocycles. The highest BCUT2D eigenvalue weighted by Crippen LogP contribution is 2.39. The Labute approximate surface area is 167 Å². The van der Waals surface area contributed by atoms with Gasteiger partial charge in [-0.1, -0.05) is 24.3 Å². The molecule has 6 nitrogen and oxygen atoms in total. The monoisotopic (exact) mass is 401 g/mol. The van der Waals surface area contributed by atoms with Crippen LogP contribution >= 0.6 is 11.3 Å².